The molecule has 2 heterocycles. The molecule has 1 aliphatic rings. The standard InChI is InChI=1S/C15H12Cl2N2O3/c16-11-6-10(8-18-14(11)17)15(20)19-7-9-1-2-12-13(5-9)22-4-3-21-12/h1-2,5-6,8H,3-4,7H2,(H,19,20). The number of benzene rings is 1. The van der Waals surface area contributed by atoms with Crippen LogP contribution in [0.1, 0.15) is 15.9 Å². The number of amides is 1. The first kappa shape index (κ1) is 14.9. The van der Waals surface area contributed by atoms with Gasteiger partial charge in [0.1, 0.15) is 18.4 Å². The van der Waals surface area contributed by atoms with E-state index in [1.54, 1.807) is 0 Å². The van der Waals surface area contributed by atoms with Crippen LogP contribution in [0.15, 0.2) is 30.5 Å². The molecule has 1 aromatic heterocycles. The van der Waals surface area contributed by atoms with Gasteiger partial charge in [0.2, 0.25) is 0 Å². The maximum atomic E-state index is 12.1. The Balaban J connectivity index is 1.66. The monoisotopic (exact) mass is 338 g/mol. The number of carbonyl (C=O) groups is 1. The summed E-state index contributed by atoms with van der Waals surface area (Å²) in [5, 5.41) is 3.21. The molecular weight excluding hydrogens is 327 g/mol. The van der Waals surface area contributed by atoms with Crippen molar-refractivity contribution in [2.45, 2.75) is 6.54 Å². The van der Waals surface area contributed by atoms with Crippen molar-refractivity contribution in [2.24, 2.45) is 0 Å². The van der Waals surface area contributed by atoms with Gasteiger partial charge in [0, 0.05) is 12.7 Å². The van der Waals surface area contributed by atoms with Gasteiger partial charge in [-0.15, -0.1) is 0 Å². The van der Waals surface area contributed by atoms with Crippen LogP contribution in [0.5, 0.6) is 11.5 Å². The Kier molecular flexibility index (Phi) is 4.36. The number of carbonyl (C=O) groups excluding carboxylic acids is 1. The molecule has 114 valence electrons. The summed E-state index contributed by atoms with van der Waals surface area (Å²) in [5.41, 5.74) is 1.26. The largest absolute Gasteiger partial charge is 0.486 e. The van der Waals surface area contributed by atoms with Crippen LogP contribution in [-0.2, 0) is 6.54 Å². The molecule has 0 unspecified atom stereocenters. The van der Waals surface area contributed by atoms with Crippen molar-refractivity contribution in [1.82, 2.24) is 10.3 Å². The van der Waals surface area contributed by atoms with Gasteiger partial charge in [0.15, 0.2) is 11.5 Å². The van der Waals surface area contributed by atoms with Gasteiger partial charge in [-0.3, -0.25) is 4.79 Å². The third-order valence-electron chi connectivity index (χ3n) is 3.12. The Morgan fingerprint density at radius 2 is 1.95 bits per heavy atom. The average Bonchev–Trinajstić information content (AvgIpc) is 2.55. The predicted octanol–water partition coefficient (Wildman–Crippen LogP) is 3.09. The fourth-order valence-electron chi connectivity index (χ4n) is 2.03. The van der Waals surface area contributed by atoms with Gasteiger partial charge in [-0.2, -0.15) is 0 Å². The molecule has 0 saturated heterocycles. The van der Waals surface area contributed by atoms with Crippen molar-refractivity contribution in [3.63, 3.8) is 0 Å². The van der Waals surface area contributed by atoms with Gasteiger partial charge in [-0.1, -0.05) is 29.3 Å². The molecule has 0 bridgehead atoms. The maximum absolute atomic E-state index is 12.1. The van der Waals surface area contributed by atoms with Crippen LogP contribution in [-0.4, -0.2) is 24.1 Å². The lowest BCUT2D eigenvalue weighted by atomic mass is 10.2. The normalized spacial score (nSPS) is 12.8. The number of pyridine rings is 1. The molecular formula is C15H12Cl2N2O3. The highest BCUT2D eigenvalue weighted by molar-refractivity contribution is 6.41. The van der Waals surface area contributed by atoms with E-state index in [0.29, 0.717) is 31.1 Å². The highest BCUT2D eigenvalue weighted by Gasteiger charge is 2.13. The third-order valence-corrected chi connectivity index (χ3v) is 3.80. The van der Waals surface area contributed by atoms with Crippen molar-refractivity contribution in [1.29, 1.82) is 0 Å². The fraction of sp³-hybridized carbons (Fsp3) is 0.200. The smallest absolute Gasteiger partial charge is 0.253 e. The number of ether oxygens (including phenoxy) is 2. The summed E-state index contributed by atoms with van der Waals surface area (Å²) < 4.78 is 11.0. The third kappa shape index (κ3) is 3.26. The highest BCUT2D eigenvalue weighted by Crippen LogP contribution is 2.30. The Bertz CT molecular complexity index is 722. The van der Waals surface area contributed by atoms with Crippen molar-refractivity contribution < 1.29 is 14.3 Å². The number of nitrogens with zero attached hydrogens (tertiary/aromatic N) is 1. The molecule has 1 aromatic carbocycles. The fourth-order valence-corrected chi connectivity index (χ4v) is 2.30. The number of rotatable bonds is 3. The minimum Gasteiger partial charge on any atom is -0.486 e. The van der Waals surface area contributed by atoms with Crippen LogP contribution in [0.3, 0.4) is 0 Å². The number of hydrogen-bond acceptors (Lipinski definition) is 4. The van der Waals surface area contributed by atoms with E-state index in [9.17, 15) is 4.79 Å². The first-order valence-electron chi connectivity index (χ1n) is 6.61. The Morgan fingerprint density at radius 3 is 2.73 bits per heavy atom. The maximum Gasteiger partial charge on any atom is 0.253 e. The van der Waals surface area contributed by atoms with Crippen LogP contribution < -0.4 is 14.8 Å². The molecule has 1 N–H and O–H groups in total. The molecule has 0 spiro atoms. The minimum atomic E-state index is -0.277. The first-order chi connectivity index (χ1) is 10.6. The number of fused-ring (bicyclic) bond motifs is 1. The molecule has 0 fully saturated rings. The second-order valence-electron chi connectivity index (χ2n) is 4.66. The van der Waals surface area contributed by atoms with E-state index in [1.807, 2.05) is 18.2 Å². The van der Waals surface area contributed by atoms with E-state index in [0.717, 1.165) is 11.3 Å². The molecule has 0 radical (unpaired) electrons. The lowest BCUT2D eigenvalue weighted by Gasteiger charge is -2.19. The number of aromatic nitrogens is 1. The summed E-state index contributed by atoms with van der Waals surface area (Å²) in [6.45, 7) is 1.43. The summed E-state index contributed by atoms with van der Waals surface area (Å²) in [6.07, 6.45) is 1.38. The van der Waals surface area contributed by atoms with Gasteiger partial charge in [-0.25, -0.2) is 4.98 Å². The van der Waals surface area contributed by atoms with E-state index < -0.39 is 0 Å². The predicted molar refractivity (Wildman–Crippen MR) is 82.9 cm³/mol. The van der Waals surface area contributed by atoms with Gasteiger partial charge in [0.25, 0.3) is 5.91 Å². The highest BCUT2D eigenvalue weighted by atomic mass is 35.5. The van der Waals surface area contributed by atoms with Crippen LogP contribution >= 0.6 is 23.2 Å². The molecule has 22 heavy (non-hydrogen) atoms. The molecule has 0 atom stereocenters. The molecule has 2 aromatic rings. The lowest BCUT2D eigenvalue weighted by molar-refractivity contribution is 0.0950. The summed E-state index contributed by atoms with van der Waals surface area (Å²) in [4.78, 5) is 15.9. The Morgan fingerprint density at radius 1 is 1.18 bits per heavy atom. The number of hydrogen-bond donors (Lipinski definition) is 1. The Labute approximate surface area is 137 Å². The minimum absolute atomic E-state index is 0.171. The zero-order valence-electron chi connectivity index (χ0n) is 11.4. The molecule has 1 aliphatic heterocycles. The van der Waals surface area contributed by atoms with Crippen LogP contribution in [0.2, 0.25) is 10.2 Å². The quantitative estimate of drug-likeness (QED) is 0.873. The van der Waals surface area contributed by atoms with E-state index in [-0.39, 0.29) is 16.1 Å². The second-order valence-corrected chi connectivity index (χ2v) is 5.42. The van der Waals surface area contributed by atoms with E-state index >= 15 is 0 Å². The molecule has 7 heteroatoms. The first-order valence-corrected chi connectivity index (χ1v) is 7.37. The van der Waals surface area contributed by atoms with Gasteiger partial charge in [-0.05, 0) is 23.8 Å². The van der Waals surface area contributed by atoms with Gasteiger partial charge < -0.3 is 14.8 Å². The topological polar surface area (TPSA) is 60.5 Å². The van der Waals surface area contributed by atoms with E-state index in [4.69, 9.17) is 32.7 Å². The van der Waals surface area contributed by atoms with Crippen molar-refractivity contribution in [2.75, 3.05) is 13.2 Å². The lowest BCUT2D eigenvalue weighted by Crippen LogP contribution is -2.23. The SMILES string of the molecule is O=C(NCc1ccc2c(c1)OCCO2)c1cnc(Cl)c(Cl)c1. The average molecular weight is 339 g/mol. The molecule has 1 amide bonds. The second kappa shape index (κ2) is 6.42. The number of halogens is 2. The van der Waals surface area contributed by atoms with E-state index in [1.165, 1.54) is 12.3 Å². The van der Waals surface area contributed by atoms with Crippen LogP contribution in [0.25, 0.3) is 0 Å². The summed E-state index contributed by atoms with van der Waals surface area (Å²) in [6, 6.07) is 7.04. The van der Waals surface area contributed by atoms with Crippen LogP contribution in [0.4, 0.5) is 0 Å². The summed E-state index contributed by atoms with van der Waals surface area (Å²) in [5.74, 6) is 1.13. The summed E-state index contributed by atoms with van der Waals surface area (Å²) >= 11 is 11.6. The molecule has 5 nitrogen and oxygen atoms in total. The van der Waals surface area contributed by atoms with Crippen LogP contribution in [0, 0.1) is 0 Å². The van der Waals surface area contributed by atoms with Crippen molar-refractivity contribution in [3.8, 4) is 11.5 Å². The van der Waals surface area contributed by atoms with Crippen molar-refractivity contribution in [3.05, 3.63) is 51.8 Å². The van der Waals surface area contributed by atoms with E-state index in [2.05, 4.69) is 10.3 Å². The van der Waals surface area contributed by atoms with Gasteiger partial charge in [0.05, 0.1) is 10.6 Å². The molecule has 3 rings (SSSR count). The molecule has 0 aliphatic carbocycles. The zero-order chi connectivity index (χ0) is 15.5. The Hall–Kier alpha value is -1.98. The number of nitrogens with one attached hydrogen (secondary N) is 1. The molecule has 0 saturated carbocycles. The zero-order valence-corrected chi connectivity index (χ0v) is 12.9. The summed E-state index contributed by atoms with van der Waals surface area (Å²) in [7, 11) is 0. The van der Waals surface area contributed by atoms with Crippen molar-refractivity contribution >= 4 is 29.1 Å². The van der Waals surface area contributed by atoms with Gasteiger partial charge >= 0.3 is 0 Å².